The number of phenolic OH excluding ortho intramolecular Hbond substituents is 1. The Morgan fingerprint density at radius 3 is 1.81 bits per heavy atom. The lowest BCUT2D eigenvalue weighted by Crippen LogP contribution is -2.16. The molecule has 0 saturated carbocycles. The minimum atomic E-state index is -4.52. The molecule has 0 aromatic heterocycles. The lowest BCUT2D eigenvalue weighted by molar-refractivity contribution is -0.109. The molecule has 0 heterocycles. The van der Waals surface area contributed by atoms with Gasteiger partial charge in [-0.05, 0) is 35.0 Å². The van der Waals surface area contributed by atoms with E-state index in [1.165, 1.54) is 12.1 Å². The normalized spacial score (nSPS) is 11.9. The van der Waals surface area contributed by atoms with Gasteiger partial charge in [-0.1, -0.05) is 0 Å². The van der Waals surface area contributed by atoms with Gasteiger partial charge in [0.2, 0.25) is 0 Å². The van der Waals surface area contributed by atoms with Gasteiger partial charge in [-0.15, -0.1) is 11.8 Å². The van der Waals surface area contributed by atoms with E-state index in [-0.39, 0.29) is 23.3 Å². The van der Waals surface area contributed by atoms with Crippen molar-refractivity contribution in [1.29, 1.82) is 0 Å². The van der Waals surface area contributed by atoms with Crippen LogP contribution in [0.3, 0.4) is 0 Å². The molecule has 0 unspecified atom stereocenters. The number of halogens is 8. The van der Waals surface area contributed by atoms with E-state index in [0.29, 0.717) is 10.0 Å². The van der Waals surface area contributed by atoms with Crippen LogP contribution in [0.5, 0.6) is 5.75 Å². The van der Waals surface area contributed by atoms with Gasteiger partial charge in [-0.25, -0.2) is 4.39 Å². The molecule has 0 fully saturated rings. The molecule has 0 bridgehead atoms. The fourth-order valence-electron chi connectivity index (χ4n) is 0.924. The number of thioether (sulfide) groups is 1. The predicted molar refractivity (Wildman–Crippen MR) is 69.9 cm³/mol. The van der Waals surface area contributed by atoms with Gasteiger partial charge in [0, 0.05) is 5.56 Å². The number of rotatable bonds is 2. The third kappa shape index (κ3) is 9.83. The molecule has 21 heavy (non-hydrogen) atoms. The zero-order valence-electron chi connectivity index (χ0n) is 10.4. The molecule has 122 valence electrons. The van der Waals surface area contributed by atoms with Gasteiger partial charge in [-0.3, -0.25) is 0 Å². The van der Waals surface area contributed by atoms with E-state index in [1.54, 1.807) is 6.92 Å². The van der Waals surface area contributed by atoms with Crippen molar-refractivity contribution in [2.45, 2.75) is 19.3 Å². The maximum atomic E-state index is 12.6. The molecule has 1 N–H and O–H groups in total. The highest BCUT2D eigenvalue weighted by Gasteiger charge is 2.32. The number of benzene rings is 1. The molecule has 0 saturated heterocycles. The first-order valence-corrected chi connectivity index (χ1v) is 7.13. The lowest BCUT2D eigenvalue weighted by Gasteiger charge is -2.07. The molecule has 0 spiro atoms. The van der Waals surface area contributed by atoms with Crippen LogP contribution in [-0.4, -0.2) is 29.0 Å². The van der Waals surface area contributed by atoms with Gasteiger partial charge in [0.15, 0.2) is 0 Å². The minimum absolute atomic E-state index is 0.105. The van der Waals surface area contributed by atoms with E-state index < -0.39 is 23.9 Å². The quantitative estimate of drug-likeness (QED) is 0.664. The first-order valence-electron chi connectivity index (χ1n) is 5.18. The number of hydrogen-bond donors (Lipinski definition) is 1. The number of hydrogen-bond acceptors (Lipinski definition) is 2. The van der Waals surface area contributed by atoms with Crippen molar-refractivity contribution >= 4 is 27.7 Å². The second-order valence-corrected chi connectivity index (χ2v) is 5.51. The van der Waals surface area contributed by atoms with Crippen molar-refractivity contribution < 1.29 is 35.8 Å². The van der Waals surface area contributed by atoms with Crippen LogP contribution in [0.4, 0.5) is 30.7 Å². The highest BCUT2D eigenvalue weighted by Crippen LogP contribution is 2.27. The van der Waals surface area contributed by atoms with Crippen molar-refractivity contribution in [3.8, 4) is 5.75 Å². The summed E-state index contributed by atoms with van der Waals surface area (Å²) in [5.74, 6) is -3.15. The Labute approximate surface area is 128 Å². The van der Waals surface area contributed by atoms with E-state index in [9.17, 15) is 30.7 Å². The van der Waals surface area contributed by atoms with Gasteiger partial charge < -0.3 is 5.11 Å². The van der Waals surface area contributed by atoms with Crippen LogP contribution in [0, 0.1) is 12.7 Å². The minimum Gasteiger partial charge on any atom is -0.508 e. The van der Waals surface area contributed by atoms with Crippen molar-refractivity contribution in [3.63, 3.8) is 0 Å². The summed E-state index contributed by atoms with van der Waals surface area (Å²) in [5.41, 5.74) is 0.528. The average Bonchev–Trinajstić information content (AvgIpc) is 2.29. The molecule has 0 atom stereocenters. The van der Waals surface area contributed by atoms with Crippen LogP contribution in [0.15, 0.2) is 16.6 Å². The molecular formula is C11H10BrF7OS. The second-order valence-electron chi connectivity index (χ2n) is 3.73. The zero-order chi connectivity index (χ0) is 16.8. The van der Waals surface area contributed by atoms with Gasteiger partial charge in [0.25, 0.3) is 0 Å². The smallest absolute Gasteiger partial charge is 0.397 e. The fourth-order valence-corrected chi connectivity index (χ4v) is 1.82. The van der Waals surface area contributed by atoms with Crippen LogP contribution in [0.25, 0.3) is 0 Å². The van der Waals surface area contributed by atoms with Gasteiger partial charge in [0.1, 0.15) is 11.6 Å². The van der Waals surface area contributed by atoms with Crippen LogP contribution < -0.4 is 0 Å². The van der Waals surface area contributed by atoms with E-state index >= 15 is 0 Å². The van der Waals surface area contributed by atoms with Crippen molar-refractivity contribution in [2.24, 2.45) is 0 Å². The molecule has 1 aromatic carbocycles. The number of alkyl halides is 6. The number of aromatic hydroxyl groups is 1. The molecule has 0 radical (unpaired) electrons. The zero-order valence-corrected chi connectivity index (χ0v) is 12.9. The van der Waals surface area contributed by atoms with Crippen LogP contribution in [0.2, 0.25) is 0 Å². The summed E-state index contributed by atoms with van der Waals surface area (Å²) >= 11 is 2.81. The Balaban J connectivity index is 0.000000382. The van der Waals surface area contributed by atoms with Crippen molar-refractivity contribution in [1.82, 2.24) is 0 Å². The Morgan fingerprint density at radius 1 is 1.05 bits per heavy atom. The van der Waals surface area contributed by atoms with E-state index in [2.05, 4.69) is 15.9 Å². The van der Waals surface area contributed by atoms with Gasteiger partial charge in [0.05, 0.1) is 16.0 Å². The lowest BCUT2D eigenvalue weighted by atomic mass is 10.2. The average molecular weight is 403 g/mol. The van der Waals surface area contributed by atoms with E-state index in [1.807, 2.05) is 0 Å². The van der Waals surface area contributed by atoms with Crippen LogP contribution >= 0.6 is 27.7 Å². The molecule has 0 aliphatic heterocycles. The summed E-state index contributed by atoms with van der Waals surface area (Å²) < 4.78 is 80.4. The van der Waals surface area contributed by atoms with Crippen molar-refractivity contribution in [2.75, 3.05) is 11.5 Å². The fraction of sp³-hybridized carbons (Fsp3) is 0.455. The first kappa shape index (κ1) is 20.4. The molecule has 0 amide bonds. The van der Waals surface area contributed by atoms with E-state index in [0.717, 1.165) is 0 Å². The third-order valence-corrected chi connectivity index (χ3v) is 3.88. The summed E-state index contributed by atoms with van der Waals surface area (Å²) in [6.07, 6.45) is -9.04. The molecule has 0 aliphatic carbocycles. The van der Waals surface area contributed by atoms with Crippen molar-refractivity contribution in [3.05, 3.63) is 28.0 Å². The van der Waals surface area contributed by atoms with Gasteiger partial charge >= 0.3 is 12.4 Å². The summed E-state index contributed by atoms with van der Waals surface area (Å²) in [6, 6.07) is 2.54. The Bertz CT molecular complexity index is 418. The Morgan fingerprint density at radius 2 is 1.48 bits per heavy atom. The second kappa shape index (κ2) is 8.11. The Kier molecular flexibility index (Phi) is 7.87. The molecule has 1 aromatic rings. The highest BCUT2D eigenvalue weighted by atomic mass is 79.9. The summed E-state index contributed by atoms with van der Waals surface area (Å²) in [6.45, 7) is 1.64. The third-order valence-electron chi connectivity index (χ3n) is 1.84. The van der Waals surface area contributed by atoms with Gasteiger partial charge in [-0.2, -0.15) is 26.3 Å². The first-order chi connectivity index (χ1) is 9.33. The summed E-state index contributed by atoms with van der Waals surface area (Å²) in [5, 5.41) is 9.03. The SMILES string of the molecule is Cc1c(O)ccc(F)c1Br.FC(F)(F)CSCC(F)(F)F. The molecule has 1 rings (SSSR count). The largest absolute Gasteiger partial charge is 0.508 e. The summed E-state index contributed by atoms with van der Waals surface area (Å²) in [7, 11) is 0. The summed E-state index contributed by atoms with van der Waals surface area (Å²) in [4.78, 5) is 0. The highest BCUT2D eigenvalue weighted by molar-refractivity contribution is 9.10. The topological polar surface area (TPSA) is 20.2 Å². The Hall–Kier alpha value is -0.640. The standard InChI is InChI=1S/C7H6BrFO.C4H4F6S/c1-4-6(10)3-2-5(9)7(4)8;5-3(6,7)1-11-2-4(8,9)10/h2-3,10H,1H3;1-2H2. The van der Waals surface area contributed by atoms with Crippen LogP contribution in [-0.2, 0) is 0 Å². The number of phenols is 1. The monoisotopic (exact) mass is 402 g/mol. The molecule has 10 heteroatoms. The molecular weight excluding hydrogens is 393 g/mol. The van der Waals surface area contributed by atoms with Crippen LogP contribution in [0.1, 0.15) is 5.56 Å². The maximum absolute atomic E-state index is 12.6. The maximum Gasteiger partial charge on any atom is 0.397 e. The molecule has 0 aliphatic rings. The predicted octanol–water partition coefficient (Wildman–Crippen LogP) is 5.45. The molecule has 1 nitrogen and oxygen atoms in total. The van der Waals surface area contributed by atoms with E-state index in [4.69, 9.17) is 5.11 Å².